The van der Waals surface area contributed by atoms with Gasteiger partial charge in [-0.3, -0.25) is 0 Å². The molecule has 0 aliphatic carbocycles. The van der Waals surface area contributed by atoms with E-state index in [4.69, 9.17) is 0 Å². The highest BCUT2D eigenvalue weighted by Gasteiger charge is 2.23. The van der Waals surface area contributed by atoms with Crippen LogP contribution in [-0.4, -0.2) is 11.8 Å². The zero-order chi connectivity index (χ0) is 11.0. The van der Waals surface area contributed by atoms with Gasteiger partial charge in [-0.05, 0) is 36.6 Å². The van der Waals surface area contributed by atoms with Gasteiger partial charge in [0, 0.05) is 22.7 Å². The molecular formula is C13H19NS. The van der Waals surface area contributed by atoms with Gasteiger partial charge in [-0.1, -0.05) is 19.9 Å². The van der Waals surface area contributed by atoms with Gasteiger partial charge in [-0.25, -0.2) is 0 Å². The Morgan fingerprint density at radius 1 is 1.27 bits per heavy atom. The summed E-state index contributed by atoms with van der Waals surface area (Å²) in [7, 11) is 0. The van der Waals surface area contributed by atoms with Crippen LogP contribution in [0.2, 0.25) is 0 Å². The highest BCUT2D eigenvalue weighted by atomic mass is 32.2. The Kier molecular flexibility index (Phi) is 3.08. The van der Waals surface area contributed by atoms with Crippen LogP contribution >= 0.6 is 11.8 Å². The molecule has 82 valence electrons. The van der Waals surface area contributed by atoms with E-state index >= 15 is 0 Å². The summed E-state index contributed by atoms with van der Waals surface area (Å²) in [5.41, 5.74) is 4.31. The number of thioether (sulfide) groups is 1. The maximum absolute atomic E-state index is 3.62. The molecule has 1 aliphatic heterocycles. The molecule has 15 heavy (non-hydrogen) atoms. The van der Waals surface area contributed by atoms with E-state index < -0.39 is 0 Å². The summed E-state index contributed by atoms with van der Waals surface area (Å²) in [6.45, 7) is 8.82. The fourth-order valence-corrected chi connectivity index (χ4v) is 3.26. The predicted molar refractivity (Wildman–Crippen MR) is 67.7 cm³/mol. The van der Waals surface area contributed by atoms with Gasteiger partial charge in [0.1, 0.15) is 0 Å². The van der Waals surface area contributed by atoms with E-state index in [9.17, 15) is 0 Å². The minimum absolute atomic E-state index is 0.546. The first-order valence-electron chi connectivity index (χ1n) is 5.58. The van der Waals surface area contributed by atoms with Crippen LogP contribution in [0.3, 0.4) is 0 Å². The van der Waals surface area contributed by atoms with Gasteiger partial charge in [0.25, 0.3) is 0 Å². The molecule has 2 heteroatoms. The van der Waals surface area contributed by atoms with E-state index in [1.54, 1.807) is 0 Å². The lowest BCUT2D eigenvalue weighted by Crippen LogP contribution is -2.28. The van der Waals surface area contributed by atoms with E-state index in [0.29, 0.717) is 12.1 Å². The molecule has 1 atom stereocenters. The van der Waals surface area contributed by atoms with Gasteiger partial charge < -0.3 is 5.32 Å². The minimum Gasteiger partial charge on any atom is -0.307 e. The third-order valence-corrected chi connectivity index (χ3v) is 4.11. The van der Waals surface area contributed by atoms with E-state index in [1.165, 1.54) is 27.3 Å². The molecule has 1 aromatic rings. The molecule has 1 nitrogen and oxygen atoms in total. The molecule has 0 fully saturated rings. The van der Waals surface area contributed by atoms with Crippen molar-refractivity contribution in [1.29, 1.82) is 0 Å². The average molecular weight is 221 g/mol. The summed E-state index contributed by atoms with van der Waals surface area (Å²) >= 11 is 1.98. The maximum Gasteiger partial charge on any atom is 0.0428 e. The summed E-state index contributed by atoms with van der Waals surface area (Å²) in [5.74, 6) is 1.18. The SMILES string of the molecule is Cc1cc2c(cc1C)C(NC(C)C)CS2. The van der Waals surface area contributed by atoms with E-state index in [1.807, 2.05) is 11.8 Å². The van der Waals surface area contributed by atoms with Crippen molar-refractivity contribution in [3.05, 3.63) is 28.8 Å². The van der Waals surface area contributed by atoms with Crippen LogP contribution in [0.4, 0.5) is 0 Å². The first-order valence-corrected chi connectivity index (χ1v) is 6.56. The molecule has 2 rings (SSSR count). The Morgan fingerprint density at radius 3 is 2.60 bits per heavy atom. The fourth-order valence-electron chi connectivity index (χ4n) is 2.01. The van der Waals surface area contributed by atoms with Crippen LogP contribution in [0.25, 0.3) is 0 Å². The number of hydrogen-bond acceptors (Lipinski definition) is 2. The second-order valence-corrected chi connectivity index (χ2v) is 5.72. The fraction of sp³-hybridized carbons (Fsp3) is 0.538. The van der Waals surface area contributed by atoms with Crippen LogP contribution in [0, 0.1) is 13.8 Å². The molecule has 1 aliphatic rings. The van der Waals surface area contributed by atoms with Crippen molar-refractivity contribution in [3.8, 4) is 0 Å². The third-order valence-electron chi connectivity index (χ3n) is 2.94. The summed E-state index contributed by atoms with van der Waals surface area (Å²) in [6.07, 6.45) is 0. The number of aryl methyl sites for hydroxylation is 2. The highest BCUT2D eigenvalue weighted by Crippen LogP contribution is 2.39. The Morgan fingerprint density at radius 2 is 1.93 bits per heavy atom. The first-order chi connectivity index (χ1) is 7.08. The molecule has 0 spiro atoms. The summed E-state index contributed by atoms with van der Waals surface area (Å²) in [5, 5.41) is 3.62. The van der Waals surface area contributed by atoms with Crippen molar-refractivity contribution in [3.63, 3.8) is 0 Å². The van der Waals surface area contributed by atoms with Gasteiger partial charge >= 0.3 is 0 Å². The van der Waals surface area contributed by atoms with E-state index in [0.717, 1.165) is 0 Å². The first kappa shape index (κ1) is 11.0. The van der Waals surface area contributed by atoms with Crippen LogP contribution in [0.1, 0.15) is 36.6 Å². The number of hydrogen-bond donors (Lipinski definition) is 1. The van der Waals surface area contributed by atoms with Gasteiger partial charge in [0.2, 0.25) is 0 Å². The van der Waals surface area contributed by atoms with Gasteiger partial charge in [-0.2, -0.15) is 0 Å². The molecule has 0 aromatic heterocycles. The number of nitrogens with one attached hydrogen (secondary N) is 1. The van der Waals surface area contributed by atoms with Crippen LogP contribution < -0.4 is 5.32 Å². The van der Waals surface area contributed by atoms with E-state index in [-0.39, 0.29) is 0 Å². The summed E-state index contributed by atoms with van der Waals surface area (Å²) < 4.78 is 0. The summed E-state index contributed by atoms with van der Waals surface area (Å²) in [4.78, 5) is 1.47. The summed E-state index contributed by atoms with van der Waals surface area (Å²) in [6, 6.07) is 5.79. The third kappa shape index (κ3) is 2.21. The van der Waals surface area contributed by atoms with E-state index in [2.05, 4.69) is 45.1 Å². The van der Waals surface area contributed by atoms with Crippen molar-refractivity contribution in [1.82, 2.24) is 5.32 Å². The highest BCUT2D eigenvalue weighted by molar-refractivity contribution is 7.99. The van der Waals surface area contributed by atoms with Crippen molar-refractivity contribution >= 4 is 11.8 Å². The Hall–Kier alpha value is -0.470. The molecular weight excluding hydrogens is 202 g/mol. The zero-order valence-corrected chi connectivity index (χ0v) is 10.7. The standard InChI is InChI=1S/C13H19NS/c1-8(2)14-12-7-15-13-6-10(4)9(3)5-11(12)13/h5-6,8,12,14H,7H2,1-4H3. The maximum atomic E-state index is 3.62. The van der Waals surface area contributed by atoms with Crippen molar-refractivity contribution in [2.24, 2.45) is 0 Å². The lowest BCUT2D eigenvalue weighted by molar-refractivity contribution is 0.513. The second-order valence-electron chi connectivity index (χ2n) is 4.66. The van der Waals surface area contributed by atoms with Crippen LogP contribution in [0.15, 0.2) is 17.0 Å². The number of fused-ring (bicyclic) bond motifs is 1. The van der Waals surface area contributed by atoms with Crippen molar-refractivity contribution < 1.29 is 0 Å². The molecule has 0 bridgehead atoms. The normalized spacial score (nSPS) is 19.7. The zero-order valence-electron chi connectivity index (χ0n) is 9.92. The topological polar surface area (TPSA) is 12.0 Å². The minimum atomic E-state index is 0.546. The smallest absolute Gasteiger partial charge is 0.0428 e. The average Bonchev–Trinajstić information content (AvgIpc) is 2.49. The second kappa shape index (κ2) is 4.18. The Bertz CT molecular complexity index is 371. The molecule has 0 saturated heterocycles. The molecule has 1 unspecified atom stereocenters. The number of rotatable bonds is 2. The molecule has 1 heterocycles. The van der Waals surface area contributed by atoms with Crippen LogP contribution in [-0.2, 0) is 0 Å². The molecule has 0 radical (unpaired) electrons. The quantitative estimate of drug-likeness (QED) is 0.821. The van der Waals surface area contributed by atoms with Crippen molar-refractivity contribution in [2.45, 2.75) is 44.7 Å². The predicted octanol–water partition coefficient (Wildman–Crippen LogP) is 3.45. The van der Waals surface area contributed by atoms with Gasteiger partial charge in [0.05, 0.1) is 0 Å². The van der Waals surface area contributed by atoms with Gasteiger partial charge in [0.15, 0.2) is 0 Å². The van der Waals surface area contributed by atoms with Crippen molar-refractivity contribution in [2.75, 3.05) is 5.75 Å². The largest absolute Gasteiger partial charge is 0.307 e. The molecule has 1 aromatic carbocycles. The Labute approximate surface area is 96.7 Å². The monoisotopic (exact) mass is 221 g/mol. The molecule has 1 N–H and O–H groups in total. The Balaban J connectivity index is 2.30. The van der Waals surface area contributed by atoms with Crippen LogP contribution in [0.5, 0.6) is 0 Å². The number of benzene rings is 1. The lowest BCUT2D eigenvalue weighted by Gasteiger charge is -2.17. The van der Waals surface area contributed by atoms with Gasteiger partial charge in [-0.15, -0.1) is 11.8 Å². The lowest BCUT2D eigenvalue weighted by atomic mass is 10.0. The molecule has 0 amide bonds. The molecule has 0 saturated carbocycles.